The first-order valence-electron chi connectivity index (χ1n) is 15.2. The fraction of sp³-hybridized carbons (Fsp3) is 0.871. The summed E-state index contributed by atoms with van der Waals surface area (Å²) in [6.07, 6.45) is 14.5. The van der Waals surface area contributed by atoms with Crippen LogP contribution in [0.3, 0.4) is 0 Å². The first kappa shape index (κ1) is 25.7. The molecular weight excluding hydrogens is 462 g/mol. The maximum Gasteiger partial charge on any atom is 0.410 e. The summed E-state index contributed by atoms with van der Waals surface area (Å²) in [7, 11) is 2.35. The van der Waals surface area contributed by atoms with E-state index in [1.165, 1.54) is 38.6 Å². The van der Waals surface area contributed by atoms with Gasteiger partial charge >= 0.3 is 6.09 Å². The molecule has 204 valence electrons. The predicted octanol–water partition coefficient (Wildman–Crippen LogP) is 5.78. The minimum Gasteiger partial charge on any atom is -0.446 e. The van der Waals surface area contributed by atoms with Crippen LogP contribution in [0.2, 0.25) is 0 Å². The summed E-state index contributed by atoms with van der Waals surface area (Å²) >= 11 is 0. The molecule has 2 aliphatic heterocycles. The molecule has 5 fully saturated rings. The van der Waals surface area contributed by atoms with Crippen molar-refractivity contribution in [3.63, 3.8) is 0 Å². The Morgan fingerprint density at radius 1 is 1.22 bits per heavy atom. The van der Waals surface area contributed by atoms with Gasteiger partial charge in [0.25, 0.3) is 0 Å². The minimum atomic E-state index is -0.260. The Hall–Kier alpha value is -1.58. The third kappa shape index (κ3) is 4.24. The number of allylic oxidation sites excluding steroid dienone is 1. The van der Waals surface area contributed by atoms with Gasteiger partial charge in [0.2, 0.25) is 0 Å². The molecule has 6 heteroatoms. The zero-order chi connectivity index (χ0) is 25.8. The third-order valence-corrected chi connectivity index (χ3v) is 12.1. The van der Waals surface area contributed by atoms with Crippen molar-refractivity contribution in [2.45, 2.75) is 103 Å². The molecule has 1 amide bonds. The number of likely N-dealkylation sites (tertiary alicyclic amines) is 1. The number of rotatable bonds is 5. The Morgan fingerprint density at radius 3 is 2.84 bits per heavy atom. The van der Waals surface area contributed by atoms with E-state index in [4.69, 9.17) is 14.7 Å². The van der Waals surface area contributed by atoms with Gasteiger partial charge in [-0.3, -0.25) is 0 Å². The molecule has 9 atom stereocenters. The average molecular weight is 510 g/mol. The van der Waals surface area contributed by atoms with Crippen LogP contribution < -0.4 is 0 Å². The van der Waals surface area contributed by atoms with Gasteiger partial charge in [-0.1, -0.05) is 18.6 Å². The molecular formula is C31H47N3O3. The van der Waals surface area contributed by atoms with Gasteiger partial charge < -0.3 is 19.3 Å². The van der Waals surface area contributed by atoms with Crippen molar-refractivity contribution < 1.29 is 14.3 Å². The first-order valence-corrected chi connectivity index (χ1v) is 15.2. The molecule has 0 N–H and O–H groups in total. The minimum absolute atomic E-state index is 0.0485. The molecule has 0 aromatic heterocycles. The molecule has 0 radical (unpaired) electrons. The van der Waals surface area contributed by atoms with Crippen molar-refractivity contribution in [2.75, 3.05) is 33.3 Å². The molecule has 6 aliphatic rings. The Kier molecular flexibility index (Phi) is 6.85. The lowest BCUT2D eigenvalue weighted by molar-refractivity contribution is -0.0510. The van der Waals surface area contributed by atoms with Gasteiger partial charge in [-0.05, 0) is 106 Å². The van der Waals surface area contributed by atoms with Gasteiger partial charge in [0.15, 0.2) is 0 Å². The van der Waals surface area contributed by atoms with Crippen LogP contribution in [0.4, 0.5) is 4.79 Å². The lowest BCUT2D eigenvalue weighted by atomic mass is 9.47. The number of amides is 1. The largest absolute Gasteiger partial charge is 0.446 e. The summed E-state index contributed by atoms with van der Waals surface area (Å²) < 4.78 is 11.9. The molecule has 3 saturated carbocycles. The van der Waals surface area contributed by atoms with Crippen molar-refractivity contribution in [3.8, 4) is 6.07 Å². The fourth-order valence-corrected chi connectivity index (χ4v) is 10.2. The highest BCUT2D eigenvalue weighted by molar-refractivity contribution is 5.68. The molecule has 6 rings (SSSR count). The van der Waals surface area contributed by atoms with Gasteiger partial charge in [0, 0.05) is 32.2 Å². The number of nitrogens with zero attached hydrogens (tertiary/aromatic N) is 3. The van der Waals surface area contributed by atoms with E-state index in [9.17, 15) is 4.79 Å². The highest BCUT2D eigenvalue weighted by Crippen LogP contribution is 2.68. The quantitative estimate of drug-likeness (QED) is 0.440. The van der Waals surface area contributed by atoms with Crippen LogP contribution in [0.15, 0.2) is 11.6 Å². The number of nitriles is 1. The highest BCUT2D eigenvalue weighted by Gasteiger charge is 2.64. The molecule has 6 nitrogen and oxygen atoms in total. The van der Waals surface area contributed by atoms with Crippen molar-refractivity contribution >= 4 is 6.09 Å². The molecule has 37 heavy (non-hydrogen) atoms. The second-order valence-corrected chi connectivity index (χ2v) is 13.6. The summed E-state index contributed by atoms with van der Waals surface area (Å²) in [6.45, 7) is 8.05. The SMILES string of the molecule is CC1C2CCC3C4CC=C5CC(OC(=O)N(CCC#N)CC6CCCO6)CCC5(C)C4CCC32CN1C. The second kappa shape index (κ2) is 9.87. The maximum absolute atomic E-state index is 13.2. The smallest absolute Gasteiger partial charge is 0.410 e. The molecule has 2 heterocycles. The monoisotopic (exact) mass is 509 g/mol. The van der Waals surface area contributed by atoms with Crippen molar-refractivity contribution in [1.29, 1.82) is 5.26 Å². The zero-order valence-electron chi connectivity index (χ0n) is 23.3. The van der Waals surface area contributed by atoms with Crippen LogP contribution in [0.1, 0.15) is 84.5 Å². The molecule has 2 saturated heterocycles. The average Bonchev–Trinajstić information content (AvgIpc) is 3.58. The van der Waals surface area contributed by atoms with Gasteiger partial charge in [-0.2, -0.15) is 5.26 Å². The summed E-state index contributed by atoms with van der Waals surface area (Å²) in [5.41, 5.74) is 2.39. The van der Waals surface area contributed by atoms with Gasteiger partial charge in [-0.15, -0.1) is 0 Å². The van der Waals surface area contributed by atoms with Crippen LogP contribution >= 0.6 is 0 Å². The lowest BCUT2D eigenvalue weighted by Crippen LogP contribution is -2.52. The van der Waals surface area contributed by atoms with E-state index in [-0.39, 0.29) is 23.7 Å². The molecule has 1 spiro atoms. The molecule has 9 unspecified atom stereocenters. The van der Waals surface area contributed by atoms with Crippen LogP contribution in [0.25, 0.3) is 0 Å². The Balaban J connectivity index is 1.13. The number of carbonyl (C=O) groups is 1. The summed E-state index contributed by atoms with van der Waals surface area (Å²) in [6, 6.07) is 2.92. The molecule has 0 bridgehead atoms. The standard InChI is InChI=1S/C31H47N3O3/c1-21-26-9-10-28-25-8-7-22-18-23(37-29(35)34(16-5-15-32)19-24-6-4-17-36-24)11-13-30(22,2)27(25)12-14-31(26,28)20-33(21)3/h7,21,23-28H,4-6,8-14,16-20H2,1-3H3. The van der Waals surface area contributed by atoms with Crippen molar-refractivity contribution in [1.82, 2.24) is 9.80 Å². The van der Waals surface area contributed by atoms with Crippen LogP contribution in [0.5, 0.6) is 0 Å². The topological polar surface area (TPSA) is 65.8 Å². The molecule has 0 aromatic rings. The third-order valence-electron chi connectivity index (χ3n) is 12.1. The van der Waals surface area contributed by atoms with Crippen molar-refractivity contribution in [3.05, 3.63) is 11.6 Å². The van der Waals surface area contributed by atoms with Crippen LogP contribution in [-0.4, -0.2) is 67.4 Å². The summed E-state index contributed by atoms with van der Waals surface area (Å²) in [4.78, 5) is 17.5. The lowest BCUT2D eigenvalue weighted by Gasteiger charge is -2.58. The van der Waals surface area contributed by atoms with E-state index in [2.05, 4.69) is 37.9 Å². The van der Waals surface area contributed by atoms with Gasteiger partial charge in [-0.25, -0.2) is 4.79 Å². The predicted molar refractivity (Wildman–Crippen MR) is 143 cm³/mol. The highest BCUT2D eigenvalue weighted by atomic mass is 16.6. The van der Waals surface area contributed by atoms with E-state index < -0.39 is 0 Å². The Labute approximate surface area is 223 Å². The number of ether oxygens (including phenoxy) is 2. The van der Waals surface area contributed by atoms with E-state index in [0.29, 0.717) is 24.9 Å². The summed E-state index contributed by atoms with van der Waals surface area (Å²) in [5, 5.41) is 9.09. The van der Waals surface area contributed by atoms with Crippen LogP contribution in [0, 0.1) is 45.8 Å². The second-order valence-electron chi connectivity index (χ2n) is 13.6. The van der Waals surface area contributed by atoms with Crippen LogP contribution in [-0.2, 0) is 9.47 Å². The fourth-order valence-electron chi connectivity index (χ4n) is 10.2. The maximum atomic E-state index is 13.2. The van der Waals surface area contributed by atoms with E-state index in [1.807, 2.05) is 0 Å². The van der Waals surface area contributed by atoms with Gasteiger partial charge in [0.05, 0.1) is 25.1 Å². The number of carbonyl (C=O) groups excluding carboxylic acids is 1. The number of hydrogen-bond acceptors (Lipinski definition) is 5. The first-order chi connectivity index (χ1) is 17.9. The van der Waals surface area contributed by atoms with Crippen molar-refractivity contribution in [2.24, 2.45) is 34.5 Å². The van der Waals surface area contributed by atoms with E-state index in [1.54, 1.807) is 10.5 Å². The summed E-state index contributed by atoms with van der Waals surface area (Å²) in [5.74, 6) is 3.40. The number of fused-ring (bicyclic) bond motifs is 4. The Bertz CT molecular complexity index is 954. The van der Waals surface area contributed by atoms with E-state index >= 15 is 0 Å². The number of hydrogen-bond donors (Lipinski definition) is 0. The normalized spacial score (nSPS) is 44.7. The zero-order valence-corrected chi connectivity index (χ0v) is 23.3. The van der Waals surface area contributed by atoms with E-state index in [0.717, 1.165) is 68.4 Å². The molecule has 4 aliphatic carbocycles. The Morgan fingerprint density at radius 2 is 2.05 bits per heavy atom. The molecule has 0 aromatic carbocycles. The van der Waals surface area contributed by atoms with Gasteiger partial charge in [0.1, 0.15) is 6.10 Å².